The van der Waals surface area contributed by atoms with Crippen LogP contribution in [0, 0.1) is 12.8 Å². The van der Waals surface area contributed by atoms with Crippen molar-refractivity contribution in [1.29, 1.82) is 0 Å². The van der Waals surface area contributed by atoms with Gasteiger partial charge in [0.15, 0.2) is 0 Å². The number of aryl methyl sites for hydroxylation is 1. The number of halogens is 1. The van der Waals surface area contributed by atoms with Crippen molar-refractivity contribution in [3.8, 4) is 0 Å². The van der Waals surface area contributed by atoms with Gasteiger partial charge in [0.25, 0.3) is 5.91 Å². The summed E-state index contributed by atoms with van der Waals surface area (Å²) in [4.78, 5) is 11.8. The molecule has 1 atom stereocenters. The van der Waals surface area contributed by atoms with Gasteiger partial charge in [-0.3, -0.25) is 4.79 Å². The molecule has 5 heteroatoms. The van der Waals surface area contributed by atoms with E-state index in [1.54, 1.807) is 6.07 Å². The summed E-state index contributed by atoms with van der Waals surface area (Å²) in [6.07, 6.45) is 4.58. The van der Waals surface area contributed by atoms with E-state index in [1.165, 1.54) is 12.8 Å². The Bertz CT molecular complexity index is 542. The van der Waals surface area contributed by atoms with Gasteiger partial charge in [0, 0.05) is 16.4 Å². The van der Waals surface area contributed by atoms with Crippen molar-refractivity contribution >= 4 is 28.9 Å². The number of anilines is 1. The van der Waals surface area contributed by atoms with Crippen LogP contribution in [0.3, 0.4) is 0 Å². The van der Waals surface area contributed by atoms with Gasteiger partial charge in [-0.2, -0.15) is 5.10 Å². The van der Waals surface area contributed by atoms with Gasteiger partial charge in [-0.25, -0.2) is 5.43 Å². The van der Waals surface area contributed by atoms with E-state index in [-0.39, 0.29) is 12.5 Å². The van der Waals surface area contributed by atoms with Crippen LogP contribution in [-0.2, 0) is 4.79 Å². The molecule has 1 amide bonds. The molecule has 0 unspecified atom stereocenters. The first-order valence-corrected chi connectivity index (χ1v) is 7.79. The molecule has 0 bridgehead atoms. The number of amides is 1. The highest BCUT2D eigenvalue weighted by molar-refractivity contribution is 6.30. The Kier molecular flexibility index (Phi) is 5.62. The first-order chi connectivity index (χ1) is 10.1. The number of hydrogen-bond acceptors (Lipinski definition) is 3. The molecule has 1 aromatic carbocycles. The maximum atomic E-state index is 11.8. The fourth-order valence-electron chi connectivity index (χ4n) is 2.51. The Hall–Kier alpha value is -1.55. The second-order valence-corrected chi connectivity index (χ2v) is 6.03. The average Bonchev–Trinajstić information content (AvgIpc) is 2.45. The second-order valence-electron chi connectivity index (χ2n) is 5.60. The summed E-state index contributed by atoms with van der Waals surface area (Å²) in [5.74, 6) is 0.347. The number of carbonyl (C=O) groups is 1. The average molecular weight is 308 g/mol. The lowest BCUT2D eigenvalue weighted by molar-refractivity contribution is -0.119. The predicted octanol–water partition coefficient (Wildman–Crippen LogP) is 3.74. The minimum absolute atomic E-state index is 0.130. The molecule has 0 radical (unpaired) electrons. The Morgan fingerprint density at radius 3 is 2.95 bits per heavy atom. The van der Waals surface area contributed by atoms with Gasteiger partial charge in [0.05, 0.1) is 6.54 Å². The zero-order valence-electron chi connectivity index (χ0n) is 12.6. The van der Waals surface area contributed by atoms with Crippen LogP contribution in [0.15, 0.2) is 23.3 Å². The highest BCUT2D eigenvalue weighted by Crippen LogP contribution is 2.21. The maximum Gasteiger partial charge on any atom is 0.259 e. The third-order valence-electron chi connectivity index (χ3n) is 3.84. The molecule has 114 valence electrons. The zero-order valence-corrected chi connectivity index (χ0v) is 13.3. The van der Waals surface area contributed by atoms with Gasteiger partial charge in [-0.1, -0.05) is 24.9 Å². The standard InChI is InChI=1S/C16H22ClN3O/c1-11-5-3-4-6-15(11)19-20-16(21)10-18-14-8-7-13(17)9-12(14)2/h7-9,11,18H,3-6,10H2,1-2H3,(H,20,21)/t11-/m0/s1. The summed E-state index contributed by atoms with van der Waals surface area (Å²) in [6, 6.07) is 5.55. The van der Waals surface area contributed by atoms with E-state index in [1.807, 2.05) is 19.1 Å². The van der Waals surface area contributed by atoms with Crippen LogP contribution in [-0.4, -0.2) is 18.2 Å². The monoisotopic (exact) mass is 307 g/mol. The van der Waals surface area contributed by atoms with Crippen molar-refractivity contribution in [2.24, 2.45) is 11.0 Å². The molecule has 2 rings (SSSR count). The maximum absolute atomic E-state index is 11.8. The van der Waals surface area contributed by atoms with E-state index in [0.29, 0.717) is 10.9 Å². The first kappa shape index (κ1) is 15.8. The lowest BCUT2D eigenvalue weighted by Crippen LogP contribution is -2.29. The van der Waals surface area contributed by atoms with Crippen LogP contribution in [0.25, 0.3) is 0 Å². The van der Waals surface area contributed by atoms with Crippen molar-refractivity contribution in [1.82, 2.24) is 5.43 Å². The summed E-state index contributed by atoms with van der Waals surface area (Å²) in [5.41, 5.74) is 5.68. The Morgan fingerprint density at radius 1 is 1.43 bits per heavy atom. The zero-order chi connectivity index (χ0) is 15.2. The second kappa shape index (κ2) is 7.46. The fraction of sp³-hybridized carbons (Fsp3) is 0.500. The highest BCUT2D eigenvalue weighted by Gasteiger charge is 2.16. The van der Waals surface area contributed by atoms with E-state index in [0.717, 1.165) is 29.8 Å². The third kappa shape index (κ3) is 4.74. The molecule has 1 aromatic rings. The summed E-state index contributed by atoms with van der Waals surface area (Å²) >= 11 is 5.90. The van der Waals surface area contributed by atoms with Gasteiger partial charge in [-0.05, 0) is 55.9 Å². The normalized spacial score (nSPS) is 20.3. The van der Waals surface area contributed by atoms with Crippen molar-refractivity contribution < 1.29 is 4.79 Å². The van der Waals surface area contributed by atoms with Gasteiger partial charge in [-0.15, -0.1) is 0 Å². The Balaban J connectivity index is 1.83. The number of benzene rings is 1. The molecule has 0 aliphatic heterocycles. The van der Waals surface area contributed by atoms with E-state index < -0.39 is 0 Å². The predicted molar refractivity (Wildman–Crippen MR) is 87.9 cm³/mol. The largest absolute Gasteiger partial charge is 0.376 e. The molecule has 1 aliphatic carbocycles. The molecule has 0 spiro atoms. The number of carbonyl (C=O) groups excluding carboxylic acids is 1. The van der Waals surface area contributed by atoms with Gasteiger partial charge in [0.1, 0.15) is 0 Å². The summed E-state index contributed by atoms with van der Waals surface area (Å²) in [6.45, 7) is 4.32. The molecule has 1 aliphatic rings. The van der Waals surface area contributed by atoms with Gasteiger partial charge < -0.3 is 5.32 Å². The van der Waals surface area contributed by atoms with E-state index in [4.69, 9.17) is 11.6 Å². The highest BCUT2D eigenvalue weighted by atomic mass is 35.5. The van der Waals surface area contributed by atoms with Crippen LogP contribution >= 0.6 is 11.6 Å². The molecule has 1 fully saturated rings. The number of hydrogen-bond donors (Lipinski definition) is 2. The van der Waals surface area contributed by atoms with Crippen molar-refractivity contribution in [3.05, 3.63) is 28.8 Å². The van der Waals surface area contributed by atoms with Crippen LogP contribution in [0.1, 0.15) is 38.2 Å². The van der Waals surface area contributed by atoms with Crippen molar-refractivity contribution in [3.63, 3.8) is 0 Å². The molecule has 21 heavy (non-hydrogen) atoms. The Morgan fingerprint density at radius 2 is 2.24 bits per heavy atom. The molecule has 2 N–H and O–H groups in total. The molecule has 0 saturated heterocycles. The minimum Gasteiger partial charge on any atom is -0.376 e. The molecule has 0 aromatic heterocycles. The summed E-state index contributed by atoms with van der Waals surface area (Å²) in [5, 5.41) is 8.06. The Labute approximate surface area is 131 Å². The topological polar surface area (TPSA) is 53.5 Å². The lowest BCUT2D eigenvalue weighted by Gasteiger charge is -2.19. The fourth-order valence-corrected chi connectivity index (χ4v) is 2.74. The van der Waals surface area contributed by atoms with Gasteiger partial charge >= 0.3 is 0 Å². The van der Waals surface area contributed by atoms with E-state index in [9.17, 15) is 4.79 Å². The van der Waals surface area contributed by atoms with Crippen LogP contribution in [0.5, 0.6) is 0 Å². The third-order valence-corrected chi connectivity index (χ3v) is 4.08. The number of nitrogens with one attached hydrogen (secondary N) is 2. The minimum atomic E-state index is -0.130. The smallest absolute Gasteiger partial charge is 0.259 e. The van der Waals surface area contributed by atoms with Crippen LogP contribution in [0.4, 0.5) is 5.69 Å². The number of nitrogens with zero attached hydrogens (tertiary/aromatic N) is 1. The molecule has 4 nitrogen and oxygen atoms in total. The molecular weight excluding hydrogens is 286 g/mol. The quantitative estimate of drug-likeness (QED) is 0.833. The lowest BCUT2D eigenvalue weighted by atomic mass is 9.89. The number of hydrazone groups is 1. The number of rotatable bonds is 4. The van der Waals surface area contributed by atoms with Gasteiger partial charge in [0.2, 0.25) is 0 Å². The summed E-state index contributed by atoms with van der Waals surface area (Å²) < 4.78 is 0. The van der Waals surface area contributed by atoms with Crippen molar-refractivity contribution in [2.75, 3.05) is 11.9 Å². The van der Waals surface area contributed by atoms with E-state index in [2.05, 4.69) is 22.8 Å². The van der Waals surface area contributed by atoms with Crippen LogP contribution < -0.4 is 10.7 Å². The SMILES string of the molecule is Cc1cc(Cl)ccc1NCC(=O)NN=C1CCCC[C@@H]1C. The molecular formula is C16H22ClN3O. The van der Waals surface area contributed by atoms with Crippen molar-refractivity contribution in [2.45, 2.75) is 39.5 Å². The first-order valence-electron chi connectivity index (χ1n) is 7.41. The summed E-state index contributed by atoms with van der Waals surface area (Å²) in [7, 11) is 0. The molecule has 1 saturated carbocycles. The molecule has 0 heterocycles. The van der Waals surface area contributed by atoms with Crippen LogP contribution in [0.2, 0.25) is 5.02 Å². The van der Waals surface area contributed by atoms with E-state index >= 15 is 0 Å².